The Bertz CT molecular complexity index is 596. The van der Waals surface area contributed by atoms with Crippen molar-refractivity contribution in [2.24, 2.45) is 11.0 Å². The summed E-state index contributed by atoms with van der Waals surface area (Å²) >= 11 is 0. The van der Waals surface area contributed by atoms with Gasteiger partial charge in [-0.15, -0.1) is 0 Å². The van der Waals surface area contributed by atoms with Crippen molar-refractivity contribution in [2.45, 2.75) is 31.8 Å². The summed E-state index contributed by atoms with van der Waals surface area (Å²) in [6.07, 6.45) is 4.47. The molecule has 1 aliphatic carbocycles. The summed E-state index contributed by atoms with van der Waals surface area (Å²) in [7, 11) is 0. The van der Waals surface area contributed by atoms with E-state index >= 15 is 0 Å². The van der Waals surface area contributed by atoms with E-state index < -0.39 is 15.5 Å². The van der Waals surface area contributed by atoms with E-state index in [4.69, 9.17) is 0 Å². The van der Waals surface area contributed by atoms with Gasteiger partial charge in [0, 0.05) is 12.3 Å². The van der Waals surface area contributed by atoms with Crippen LogP contribution in [-0.4, -0.2) is 27.3 Å². The highest BCUT2D eigenvalue weighted by atomic mass is 16.6. The third kappa shape index (κ3) is 3.98. The van der Waals surface area contributed by atoms with Crippen molar-refractivity contribution in [1.82, 2.24) is 0 Å². The number of anilines is 1. The monoisotopic (exact) mass is 308 g/mol. The second-order valence-electron chi connectivity index (χ2n) is 5.17. The number of hydrazone groups is 1. The number of non-ortho nitro benzene ring substituents is 1. The van der Waals surface area contributed by atoms with Crippen LogP contribution in [0.5, 0.6) is 0 Å². The van der Waals surface area contributed by atoms with E-state index in [2.05, 4.69) is 10.5 Å². The molecule has 9 heteroatoms. The number of aliphatic hydroxyl groups is 1. The summed E-state index contributed by atoms with van der Waals surface area (Å²) in [6.45, 7) is 0. The van der Waals surface area contributed by atoms with Gasteiger partial charge < -0.3 is 5.11 Å². The summed E-state index contributed by atoms with van der Waals surface area (Å²) in [6, 6.07) is 3.34. The van der Waals surface area contributed by atoms with Gasteiger partial charge in [0.25, 0.3) is 5.69 Å². The largest absolute Gasteiger partial charge is 0.393 e. The quantitative estimate of drug-likeness (QED) is 0.488. The van der Waals surface area contributed by atoms with Crippen LogP contribution in [0.15, 0.2) is 23.3 Å². The van der Waals surface area contributed by atoms with Crippen molar-refractivity contribution < 1.29 is 15.0 Å². The number of rotatable bonds is 5. The molecule has 0 saturated heterocycles. The Kier molecular flexibility index (Phi) is 4.99. The molecule has 0 heterocycles. The molecule has 0 aromatic heterocycles. The van der Waals surface area contributed by atoms with Crippen molar-refractivity contribution in [3.05, 3.63) is 38.4 Å². The summed E-state index contributed by atoms with van der Waals surface area (Å²) < 4.78 is 0. The van der Waals surface area contributed by atoms with Crippen LogP contribution in [-0.2, 0) is 0 Å². The van der Waals surface area contributed by atoms with E-state index in [0.717, 1.165) is 18.9 Å². The maximum Gasteiger partial charge on any atom is 0.301 e. The summed E-state index contributed by atoms with van der Waals surface area (Å²) in [5.74, 6) is 0.216. The molecule has 0 unspecified atom stereocenters. The van der Waals surface area contributed by atoms with Crippen molar-refractivity contribution in [3.8, 4) is 0 Å². The molecule has 0 spiro atoms. The average Bonchev–Trinajstić information content (AvgIpc) is 2.49. The Hall–Kier alpha value is -2.55. The molecule has 118 valence electrons. The Morgan fingerprint density at radius 1 is 1.18 bits per heavy atom. The van der Waals surface area contributed by atoms with E-state index in [9.17, 15) is 25.3 Å². The van der Waals surface area contributed by atoms with Crippen molar-refractivity contribution in [2.75, 3.05) is 5.43 Å². The van der Waals surface area contributed by atoms with Crippen LogP contribution in [0.25, 0.3) is 0 Å². The zero-order chi connectivity index (χ0) is 16.1. The van der Waals surface area contributed by atoms with Gasteiger partial charge >= 0.3 is 5.69 Å². The van der Waals surface area contributed by atoms with E-state index in [0.29, 0.717) is 12.8 Å². The van der Waals surface area contributed by atoms with Gasteiger partial charge in [0.15, 0.2) is 0 Å². The number of aliphatic hydroxyl groups excluding tert-OH is 1. The van der Waals surface area contributed by atoms with Crippen molar-refractivity contribution in [1.29, 1.82) is 0 Å². The van der Waals surface area contributed by atoms with Gasteiger partial charge in [0.1, 0.15) is 5.69 Å². The van der Waals surface area contributed by atoms with Crippen molar-refractivity contribution in [3.63, 3.8) is 0 Å². The Morgan fingerprint density at radius 2 is 1.86 bits per heavy atom. The highest BCUT2D eigenvalue weighted by Crippen LogP contribution is 2.29. The first-order chi connectivity index (χ1) is 10.5. The fourth-order valence-corrected chi connectivity index (χ4v) is 2.34. The number of hydrogen-bond donors (Lipinski definition) is 2. The zero-order valence-corrected chi connectivity index (χ0v) is 11.7. The molecule has 2 rings (SSSR count). The molecule has 9 nitrogen and oxygen atoms in total. The molecule has 0 aliphatic heterocycles. The average molecular weight is 308 g/mol. The van der Waals surface area contributed by atoms with Crippen molar-refractivity contribution >= 4 is 23.3 Å². The second kappa shape index (κ2) is 6.94. The first-order valence-electron chi connectivity index (χ1n) is 6.87. The molecule has 1 fully saturated rings. The molecule has 1 aromatic carbocycles. The summed E-state index contributed by atoms with van der Waals surface area (Å²) in [5.41, 5.74) is 1.92. The van der Waals surface area contributed by atoms with Gasteiger partial charge in [-0.1, -0.05) is 0 Å². The lowest BCUT2D eigenvalue weighted by Gasteiger charge is -2.21. The fraction of sp³-hybridized carbons (Fsp3) is 0.462. The number of nitro groups is 2. The minimum absolute atomic E-state index is 0.0997. The van der Waals surface area contributed by atoms with Gasteiger partial charge in [-0.25, -0.2) is 0 Å². The SMILES string of the molecule is O=[N+]([O-])c1ccc(N/N=C\C2CCC(O)CC2)c([N+](=O)[O-])c1. The van der Waals surface area contributed by atoms with E-state index in [1.54, 1.807) is 6.21 Å². The molecule has 0 amide bonds. The first kappa shape index (κ1) is 15.8. The lowest BCUT2D eigenvalue weighted by Crippen LogP contribution is -2.19. The van der Waals surface area contributed by atoms with Crippen LogP contribution in [0, 0.1) is 26.1 Å². The normalized spacial score (nSPS) is 21.7. The minimum atomic E-state index is -0.693. The molecule has 1 aromatic rings. The zero-order valence-electron chi connectivity index (χ0n) is 11.7. The topological polar surface area (TPSA) is 131 Å². The standard InChI is InChI=1S/C13H16N4O5/c18-11-4-1-9(2-5-11)8-14-15-12-6-3-10(16(19)20)7-13(12)17(21)22/h3,6-9,11,15,18H,1-2,4-5H2/b14-8-. The van der Waals surface area contributed by atoms with Gasteiger partial charge in [0.2, 0.25) is 0 Å². The molecule has 0 atom stereocenters. The predicted octanol–water partition coefficient (Wildman–Crippen LogP) is 2.45. The predicted molar refractivity (Wildman–Crippen MR) is 79.8 cm³/mol. The lowest BCUT2D eigenvalue weighted by atomic mass is 9.88. The maximum atomic E-state index is 11.0. The van der Waals surface area contributed by atoms with Crippen LogP contribution in [0.1, 0.15) is 25.7 Å². The third-order valence-corrected chi connectivity index (χ3v) is 3.60. The Balaban J connectivity index is 2.06. The summed E-state index contributed by atoms with van der Waals surface area (Å²) in [4.78, 5) is 20.2. The van der Waals surface area contributed by atoms with Gasteiger partial charge in [-0.2, -0.15) is 5.10 Å². The molecule has 1 saturated carbocycles. The number of nitro benzene ring substituents is 2. The van der Waals surface area contributed by atoms with E-state index in [1.807, 2.05) is 0 Å². The number of nitrogens with one attached hydrogen (secondary N) is 1. The molecular weight excluding hydrogens is 292 g/mol. The molecule has 0 radical (unpaired) electrons. The Labute approximate surface area is 125 Å². The van der Waals surface area contributed by atoms with Gasteiger partial charge in [-0.05, 0) is 37.7 Å². The van der Waals surface area contributed by atoms with Crippen LogP contribution in [0.3, 0.4) is 0 Å². The number of benzene rings is 1. The molecule has 1 aliphatic rings. The maximum absolute atomic E-state index is 11.0. The third-order valence-electron chi connectivity index (χ3n) is 3.60. The number of nitrogens with zero attached hydrogens (tertiary/aromatic N) is 3. The fourth-order valence-electron chi connectivity index (χ4n) is 2.34. The highest BCUT2D eigenvalue weighted by molar-refractivity contribution is 5.68. The minimum Gasteiger partial charge on any atom is -0.393 e. The lowest BCUT2D eigenvalue weighted by molar-refractivity contribution is -0.393. The molecule has 22 heavy (non-hydrogen) atoms. The first-order valence-corrected chi connectivity index (χ1v) is 6.87. The van der Waals surface area contributed by atoms with Crippen LogP contribution >= 0.6 is 0 Å². The Morgan fingerprint density at radius 3 is 2.45 bits per heavy atom. The summed E-state index contributed by atoms with van der Waals surface area (Å²) in [5, 5.41) is 35.0. The van der Waals surface area contributed by atoms with Crippen LogP contribution < -0.4 is 5.43 Å². The molecular formula is C13H16N4O5. The van der Waals surface area contributed by atoms with Crippen LogP contribution in [0.4, 0.5) is 17.1 Å². The molecule has 2 N–H and O–H groups in total. The van der Waals surface area contributed by atoms with Crippen LogP contribution in [0.2, 0.25) is 0 Å². The van der Waals surface area contributed by atoms with Gasteiger partial charge in [0.05, 0.1) is 22.0 Å². The second-order valence-corrected chi connectivity index (χ2v) is 5.17. The molecule has 0 bridgehead atoms. The van der Waals surface area contributed by atoms with Gasteiger partial charge in [-0.3, -0.25) is 25.7 Å². The van der Waals surface area contributed by atoms with E-state index in [1.165, 1.54) is 12.1 Å². The highest BCUT2D eigenvalue weighted by Gasteiger charge is 2.20. The number of hydrogen-bond acceptors (Lipinski definition) is 7. The van der Waals surface area contributed by atoms with E-state index in [-0.39, 0.29) is 23.4 Å². The smallest absolute Gasteiger partial charge is 0.301 e.